The molecule has 5 heteroatoms. The Morgan fingerprint density at radius 1 is 1.33 bits per heavy atom. The van der Waals surface area contributed by atoms with Crippen LogP contribution >= 0.6 is 0 Å². The Hall–Kier alpha value is -1.23. The van der Waals surface area contributed by atoms with Gasteiger partial charge in [0.05, 0.1) is 6.42 Å². The van der Waals surface area contributed by atoms with Gasteiger partial charge in [0.25, 0.3) is 0 Å². The van der Waals surface area contributed by atoms with E-state index >= 15 is 0 Å². The molecule has 18 heavy (non-hydrogen) atoms. The summed E-state index contributed by atoms with van der Waals surface area (Å²) in [6.45, 7) is 0.753. The molecule has 0 aromatic heterocycles. The minimum Gasteiger partial charge on any atom is -0.383 e. The van der Waals surface area contributed by atoms with Crippen LogP contribution in [0.5, 0.6) is 0 Å². The summed E-state index contributed by atoms with van der Waals surface area (Å²) in [7, 11) is 1.76. The smallest absolute Gasteiger partial charge is 0.383 e. The monoisotopic (exact) mass is 258 g/mol. The summed E-state index contributed by atoms with van der Waals surface area (Å²) in [6.07, 6.45) is -4.02. The van der Waals surface area contributed by atoms with Crippen molar-refractivity contribution in [3.63, 3.8) is 0 Å². The zero-order chi connectivity index (χ0) is 13.2. The lowest BCUT2D eigenvalue weighted by Gasteiger charge is -2.33. The van der Waals surface area contributed by atoms with Crippen LogP contribution in [0.4, 0.5) is 18.9 Å². The number of nitrogens with zero attached hydrogens (tertiary/aromatic N) is 1. The van der Waals surface area contributed by atoms with E-state index in [9.17, 15) is 13.2 Å². The topological polar surface area (TPSA) is 15.3 Å². The van der Waals surface area contributed by atoms with Gasteiger partial charge in [0.1, 0.15) is 0 Å². The molecule has 2 nitrogen and oxygen atoms in total. The first-order valence-electron chi connectivity index (χ1n) is 6.04. The van der Waals surface area contributed by atoms with Gasteiger partial charge in [0.15, 0.2) is 0 Å². The second kappa shape index (κ2) is 5.18. The Balaban J connectivity index is 1.92. The van der Waals surface area contributed by atoms with Crippen LogP contribution in [0.1, 0.15) is 12.0 Å². The molecule has 0 fully saturated rings. The van der Waals surface area contributed by atoms with Gasteiger partial charge in [-0.1, -0.05) is 18.2 Å². The lowest BCUT2D eigenvalue weighted by Crippen LogP contribution is -2.42. The van der Waals surface area contributed by atoms with Crippen molar-refractivity contribution in [1.29, 1.82) is 0 Å². The number of likely N-dealkylation sites (N-methyl/N-ethyl adjacent to an activating group) is 1. The van der Waals surface area contributed by atoms with Gasteiger partial charge in [0, 0.05) is 24.8 Å². The predicted octanol–water partition coefficient (Wildman–Crippen LogP) is 2.91. The minimum atomic E-state index is -4.08. The Bertz CT molecular complexity index is 403. The van der Waals surface area contributed by atoms with Gasteiger partial charge < -0.3 is 10.2 Å². The Labute approximate surface area is 105 Å². The molecule has 1 N–H and O–H groups in total. The first kappa shape index (κ1) is 13.2. The van der Waals surface area contributed by atoms with E-state index in [4.69, 9.17) is 0 Å². The highest BCUT2D eigenvalue weighted by atomic mass is 19.4. The fourth-order valence-corrected chi connectivity index (χ4v) is 2.22. The molecule has 1 aromatic carbocycles. The molecule has 1 unspecified atom stereocenters. The Morgan fingerprint density at radius 2 is 2.06 bits per heavy atom. The molecule has 1 atom stereocenters. The van der Waals surface area contributed by atoms with Crippen LogP contribution in [-0.4, -0.2) is 37.3 Å². The molecule has 0 aliphatic carbocycles. The number of benzene rings is 1. The highest BCUT2D eigenvalue weighted by Crippen LogP contribution is 2.24. The second-order valence-electron chi connectivity index (χ2n) is 4.74. The summed E-state index contributed by atoms with van der Waals surface area (Å²) in [4.78, 5) is 1.79. The molecule has 1 aromatic rings. The zero-order valence-corrected chi connectivity index (χ0v) is 10.3. The van der Waals surface area contributed by atoms with Gasteiger partial charge in [-0.05, 0) is 25.1 Å². The normalized spacial score (nSPS) is 19.5. The van der Waals surface area contributed by atoms with Crippen molar-refractivity contribution in [2.45, 2.75) is 25.1 Å². The van der Waals surface area contributed by atoms with Gasteiger partial charge in [0.2, 0.25) is 0 Å². The molecule has 1 heterocycles. The molecule has 100 valence electrons. The van der Waals surface area contributed by atoms with Crippen LogP contribution < -0.4 is 5.32 Å². The molecular weight excluding hydrogens is 241 g/mol. The standard InChI is InChI=1S/C13H17F3N2/c1-18(7-6-13(14,15)16)11-8-10-4-2-3-5-12(10)17-9-11/h2-5,11,17H,6-9H2,1H3. The first-order valence-corrected chi connectivity index (χ1v) is 6.04. The predicted molar refractivity (Wildman–Crippen MR) is 65.7 cm³/mol. The zero-order valence-electron chi connectivity index (χ0n) is 10.3. The summed E-state index contributed by atoms with van der Waals surface area (Å²) in [6, 6.07) is 8.06. The summed E-state index contributed by atoms with van der Waals surface area (Å²) in [5.41, 5.74) is 2.27. The van der Waals surface area contributed by atoms with Crippen molar-refractivity contribution in [2.75, 3.05) is 25.5 Å². The average Bonchev–Trinajstić information content (AvgIpc) is 2.34. The second-order valence-corrected chi connectivity index (χ2v) is 4.74. The average molecular weight is 258 g/mol. The molecule has 0 bridgehead atoms. The largest absolute Gasteiger partial charge is 0.390 e. The van der Waals surface area contributed by atoms with E-state index in [2.05, 4.69) is 5.32 Å². The maximum absolute atomic E-state index is 12.2. The van der Waals surface area contributed by atoms with Crippen molar-refractivity contribution >= 4 is 5.69 Å². The molecule has 0 amide bonds. The number of anilines is 1. The molecule has 0 spiro atoms. The third-order valence-corrected chi connectivity index (χ3v) is 3.37. The lowest BCUT2D eigenvalue weighted by molar-refractivity contribution is -0.138. The van der Waals surface area contributed by atoms with Gasteiger partial charge in [-0.15, -0.1) is 0 Å². The van der Waals surface area contributed by atoms with Crippen molar-refractivity contribution in [3.05, 3.63) is 29.8 Å². The number of halogens is 3. The minimum absolute atomic E-state index is 0.0536. The van der Waals surface area contributed by atoms with Gasteiger partial charge in [-0.2, -0.15) is 13.2 Å². The van der Waals surface area contributed by atoms with Crippen molar-refractivity contribution in [2.24, 2.45) is 0 Å². The first-order chi connectivity index (χ1) is 8.46. The maximum atomic E-state index is 12.2. The maximum Gasteiger partial charge on any atom is 0.390 e. The molecular formula is C13H17F3N2. The summed E-state index contributed by atoms with van der Waals surface area (Å²) in [5.74, 6) is 0. The van der Waals surface area contributed by atoms with Gasteiger partial charge >= 0.3 is 6.18 Å². The number of nitrogens with one attached hydrogen (secondary N) is 1. The summed E-state index contributed by atoms with van der Waals surface area (Å²) < 4.78 is 36.5. The molecule has 0 saturated heterocycles. The third-order valence-electron chi connectivity index (χ3n) is 3.37. The number of alkyl halides is 3. The lowest BCUT2D eigenvalue weighted by atomic mass is 9.99. The highest BCUT2D eigenvalue weighted by Gasteiger charge is 2.29. The fourth-order valence-electron chi connectivity index (χ4n) is 2.22. The molecule has 0 radical (unpaired) electrons. The SMILES string of the molecule is CN(CCC(F)(F)F)C1CNc2ccccc2C1. The summed E-state index contributed by atoms with van der Waals surface area (Å²) in [5, 5.41) is 3.27. The van der Waals surface area contributed by atoms with Crippen LogP contribution in [0.25, 0.3) is 0 Å². The van der Waals surface area contributed by atoms with Crippen molar-refractivity contribution in [1.82, 2.24) is 4.90 Å². The van der Waals surface area contributed by atoms with E-state index in [-0.39, 0.29) is 12.6 Å². The fraction of sp³-hybridized carbons (Fsp3) is 0.538. The van der Waals surface area contributed by atoms with Crippen molar-refractivity contribution < 1.29 is 13.2 Å². The number of fused-ring (bicyclic) bond motifs is 1. The van der Waals surface area contributed by atoms with Crippen LogP contribution in [-0.2, 0) is 6.42 Å². The quantitative estimate of drug-likeness (QED) is 0.896. The van der Waals surface area contributed by atoms with E-state index < -0.39 is 12.6 Å². The van der Waals surface area contributed by atoms with Crippen LogP contribution in [0, 0.1) is 0 Å². The van der Waals surface area contributed by atoms with E-state index in [1.165, 1.54) is 5.56 Å². The number of hydrogen-bond donors (Lipinski definition) is 1. The number of rotatable bonds is 3. The molecule has 1 aliphatic rings. The number of hydrogen-bond acceptors (Lipinski definition) is 2. The van der Waals surface area contributed by atoms with E-state index in [1.54, 1.807) is 11.9 Å². The van der Waals surface area contributed by atoms with Crippen molar-refractivity contribution in [3.8, 4) is 0 Å². The molecule has 1 aliphatic heterocycles. The van der Waals surface area contributed by atoms with E-state index in [1.807, 2.05) is 24.3 Å². The number of para-hydroxylation sites is 1. The molecule has 0 saturated carbocycles. The molecule has 2 rings (SSSR count). The van der Waals surface area contributed by atoms with Gasteiger partial charge in [-0.25, -0.2) is 0 Å². The van der Waals surface area contributed by atoms with E-state index in [0.717, 1.165) is 12.1 Å². The highest BCUT2D eigenvalue weighted by molar-refractivity contribution is 5.53. The van der Waals surface area contributed by atoms with Crippen LogP contribution in [0.15, 0.2) is 24.3 Å². The van der Waals surface area contributed by atoms with E-state index in [0.29, 0.717) is 6.54 Å². The van der Waals surface area contributed by atoms with Crippen LogP contribution in [0.3, 0.4) is 0 Å². The third kappa shape index (κ3) is 3.38. The van der Waals surface area contributed by atoms with Crippen LogP contribution in [0.2, 0.25) is 0 Å². The Kier molecular flexibility index (Phi) is 3.80. The van der Waals surface area contributed by atoms with Gasteiger partial charge in [-0.3, -0.25) is 0 Å². The summed E-state index contributed by atoms with van der Waals surface area (Å²) >= 11 is 0. The Morgan fingerprint density at radius 3 is 2.78 bits per heavy atom.